The molecule has 0 saturated carbocycles. The Morgan fingerprint density at radius 3 is 2.75 bits per heavy atom. The molecule has 0 unspecified atom stereocenters. The van der Waals surface area contributed by atoms with E-state index in [9.17, 15) is 4.79 Å². The number of carbonyl (C=O) groups is 1. The van der Waals surface area contributed by atoms with Crippen LogP contribution in [0, 0.1) is 0 Å². The highest BCUT2D eigenvalue weighted by Gasteiger charge is 1.83. The third kappa shape index (κ3) is 5.67. The SMILES string of the molecule is [2H]C(=O)CCCCCC. The zero-order chi connectivity index (χ0) is 7.11. The molecule has 0 radical (unpaired) electrons. The van der Waals surface area contributed by atoms with Crippen molar-refractivity contribution in [1.29, 1.82) is 0 Å². The smallest absolute Gasteiger partial charge is 0.119 e. The van der Waals surface area contributed by atoms with Crippen molar-refractivity contribution in [3.63, 3.8) is 0 Å². The molecule has 8 heavy (non-hydrogen) atoms. The molecule has 0 amide bonds. The molecule has 0 bridgehead atoms. The fourth-order valence-electron chi connectivity index (χ4n) is 0.624. The summed E-state index contributed by atoms with van der Waals surface area (Å²) in [4.78, 5) is 10.1. The van der Waals surface area contributed by atoms with Crippen molar-refractivity contribution in [1.82, 2.24) is 0 Å². The zero-order valence-corrected chi connectivity index (χ0v) is 5.44. The molecule has 0 aliphatic rings. The average molecular weight is 115 g/mol. The van der Waals surface area contributed by atoms with Crippen LogP contribution in [0.25, 0.3) is 0 Å². The first-order chi connectivity index (χ1) is 4.27. The minimum Gasteiger partial charge on any atom is -0.303 e. The maximum Gasteiger partial charge on any atom is 0.119 e. The van der Waals surface area contributed by atoms with Gasteiger partial charge in [-0.1, -0.05) is 26.2 Å². The summed E-state index contributed by atoms with van der Waals surface area (Å²) in [6.45, 7) is 2.13. The first-order valence-corrected chi connectivity index (χ1v) is 3.26. The van der Waals surface area contributed by atoms with E-state index in [4.69, 9.17) is 1.37 Å². The van der Waals surface area contributed by atoms with E-state index < -0.39 is 6.26 Å². The number of aldehydes is 1. The van der Waals surface area contributed by atoms with Gasteiger partial charge in [-0.05, 0) is 6.42 Å². The van der Waals surface area contributed by atoms with Gasteiger partial charge in [-0.15, -0.1) is 0 Å². The fourth-order valence-corrected chi connectivity index (χ4v) is 0.624. The van der Waals surface area contributed by atoms with Gasteiger partial charge in [0.2, 0.25) is 0 Å². The molecule has 0 N–H and O–H groups in total. The molecule has 0 saturated heterocycles. The summed E-state index contributed by atoms with van der Waals surface area (Å²) in [5.74, 6) is 0. The van der Waals surface area contributed by atoms with Crippen LogP contribution in [-0.4, -0.2) is 6.26 Å². The normalized spacial score (nSPS) is 10.9. The van der Waals surface area contributed by atoms with Gasteiger partial charge in [0.15, 0.2) is 0 Å². The van der Waals surface area contributed by atoms with Gasteiger partial charge < -0.3 is 4.79 Å². The van der Waals surface area contributed by atoms with Crippen LogP contribution in [0.15, 0.2) is 0 Å². The molecule has 1 heteroatoms. The predicted molar refractivity (Wildman–Crippen MR) is 34.8 cm³/mol. The van der Waals surface area contributed by atoms with Gasteiger partial charge >= 0.3 is 0 Å². The summed E-state index contributed by atoms with van der Waals surface area (Å²) < 4.78 is 6.57. The van der Waals surface area contributed by atoms with Gasteiger partial charge in [0.1, 0.15) is 7.63 Å². The van der Waals surface area contributed by atoms with Crippen LogP contribution < -0.4 is 0 Å². The van der Waals surface area contributed by atoms with Gasteiger partial charge in [0, 0.05) is 6.42 Å². The second kappa shape index (κ2) is 6.67. The van der Waals surface area contributed by atoms with Crippen molar-refractivity contribution in [3.8, 4) is 0 Å². The molecule has 0 aromatic heterocycles. The van der Waals surface area contributed by atoms with Gasteiger partial charge in [0.25, 0.3) is 0 Å². The van der Waals surface area contributed by atoms with Crippen LogP contribution in [-0.2, 0) is 4.79 Å². The van der Waals surface area contributed by atoms with E-state index in [-0.39, 0.29) is 0 Å². The number of unbranched alkanes of at least 4 members (excludes halogenated alkanes) is 3. The van der Waals surface area contributed by atoms with Crippen LogP contribution >= 0.6 is 0 Å². The second-order valence-electron chi connectivity index (χ2n) is 1.95. The van der Waals surface area contributed by atoms with E-state index in [1.54, 1.807) is 0 Å². The summed E-state index contributed by atoms with van der Waals surface area (Å²) in [7, 11) is 0. The van der Waals surface area contributed by atoms with Gasteiger partial charge in [0.05, 0.1) is 0 Å². The molecule has 48 valence electrons. The molecular weight excluding hydrogens is 100 g/mol. The van der Waals surface area contributed by atoms with Gasteiger partial charge in [-0.25, -0.2) is 0 Å². The summed E-state index contributed by atoms with van der Waals surface area (Å²) in [6.07, 6.45) is 4.39. The molecule has 0 aromatic carbocycles. The number of rotatable bonds is 5. The van der Waals surface area contributed by atoms with Crippen LogP contribution in [0.5, 0.6) is 0 Å². The van der Waals surface area contributed by atoms with E-state index in [2.05, 4.69) is 6.92 Å². The van der Waals surface area contributed by atoms with Crippen LogP contribution in [0.3, 0.4) is 0 Å². The lowest BCUT2D eigenvalue weighted by Gasteiger charge is -1.90. The predicted octanol–water partition coefficient (Wildman–Crippen LogP) is 2.16. The summed E-state index contributed by atoms with van der Waals surface area (Å²) >= 11 is 0. The van der Waals surface area contributed by atoms with Crippen LogP contribution in [0.2, 0.25) is 0 Å². The Kier molecular flexibility index (Phi) is 4.84. The van der Waals surface area contributed by atoms with Gasteiger partial charge in [-0.3, -0.25) is 0 Å². The zero-order valence-electron chi connectivity index (χ0n) is 6.44. The summed E-state index contributed by atoms with van der Waals surface area (Å²) in [5, 5.41) is 0. The van der Waals surface area contributed by atoms with Crippen molar-refractivity contribution in [2.24, 2.45) is 0 Å². The molecule has 1 nitrogen and oxygen atoms in total. The Morgan fingerprint density at radius 1 is 1.50 bits per heavy atom. The molecule has 0 heterocycles. The van der Waals surface area contributed by atoms with E-state index in [1.165, 1.54) is 12.8 Å². The number of hydrogen-bond donors (Lipinski definition) is 0. The summed E-state index contributed by atoms with van der Waals surface area (Å²) in [6, 6.07) is 0. The van der Waals surface area contributed by atoms with Crippen molar-refractivity contribution < 1.29 is 6.17 Å². The molecule has 0 fully saturated rings. The quantitative estimate of drug-likeness (QED) is 0.396. The Morgan fingerprint density at radius 2 is 2.25 bits per heavy atom. The van der Waals surface area contributed by atoms with E-state index in [1.807, 2.05) is 0 Å². The molecule has 0 aromatic rings. The lowest BCUT2D eigenvalue weighted by molar-refractivity contribution is -0.107. The monoisotopic (exact) mass is 115 g/mol. The molecular formula is C7H14O. The van der Waals surface area contributed by atoms with Gasteiger partial charge in [-0.2, -0.15) is 0 Å². The molecule has 0 aliphatic carbocycles. The van der Waals surface area contributed by atoms with Crippen LogP contribution in [0.1, 0.15) is 40.4 Å². The first-order valence-electron chi connectivity index (χ1n) is 3.76. The third-order valence-electron chi connectivity index (χ3n) is 1.13. The van der Waals surface area contributed by atoms with Crippen molar-refractivity contribution in [3.05, 3.63) is 0 Å². The molecule has 0 atom stereocenters. The molecule has 0 aliphatic heterocycles. The van der Waals surface area contributed by atoms with E-state index >= 15 is 0 Å². The lowest BCUT2D eigenvalue weighted by atomic mass is 10.2. The maximum atomic E-state index is 10.1. The van der Waals surface area contributed by atoms with E-state index in [0.29, 0.717) is 6.42 Å². The fraction of sp³-hybridized carbons (Fsp3) is 0.857. The minimum atomic E-state index is -0.425. The second-order valence-corrected chi connectivity index (χ2v) is 1.95. The minimum absolute atomic E-state index is 0.425. The number of hydrogen-bond acceptors (Lipinski definition) is 1. The Hall–Kier alpha value is -0.330. The number of carbonyl (C=O) groups excluding carboxylic acids is 1. The Labute approximate surface area is 52.5 Å². The molecule has 0 rings (SSSR count). The lowest BCUT2D eigenvalue weighted by Crippen LogP contribution is -1.76. The highest BCUT2D eigenvalue weighted by Crippen LogP contribution is 1.99. The van der Waals surface area contributed by atoms with Crippen molar-refractivity contribution >= 4 is 6.26 Å². The largest absolute Gasteiger partial charge is 0.303 e. The topological polar surface area (TPSA) is 17.1 Å². The average Bonchev–Trinajstić information content (AvgIpc) is 1.80. The summed E-state index contributed by atoms with van der Waals surface area (Å²) in [5.41, 5.74) is 0. The van der Waals surface area contributed by atoms with Crippen molar-refractivity contribution in [2.45, 2.75) is 39.0 Å². The Balaban J connectivity index is 2.83. The standard InChI is InChI=1S/C7H14O/c1-2-3-4-5-6-7-8/h7H,2-6H2,1H3/i7D. The maximum absolute atomic E-state index is 10.1. The third-order valence-corrected chi connectivity index (χ3v) is 1.13. The molecule has 0 spiro atoms. The Bertz CT molecular complexity index is 81.0. The van der Waals surface area contributed by atoms with Crippen molar-refractivity contribution in [2.75, 3.05) is 0 Å². The highest BCUT2D eigenvalue weighted by atomic mass is 16.1. The van der Waals surface area contributed by atoms with E-state index in [0.717, 1.165) is 12.8 Å². The van der Waals surface area contributed by atoms with Crippen LogP contribution in [0.4, 0.5) is 0 Å². The first kappa shape index (κ1) is 5.80. The highest BCUT2D eigenvalue weighted by molar-refractivity contribution is 5.48.